The number of carbonyl (C=O) groups is 1. The highest BCUT2D eigenvalue weighted by Crippen LogP contribution is 2.49. The van der Waals surface area contributed by atoms with Gasteiger partial charge in [0.25, 0.3) is 0 Å². The molecule has 0 bridgehead atoms. The zero-order valence-corrected chi connectivity index (χ0v) is 16.2. The van der Waals surface area contributed by atoms with Crippen molar-refractivity contribution in [1.82, 2.24) is 4.90 Å². The summed E-state index contributed by atoms with van der Waals surface area (Å²) in [5, 5.41) is 11.2. The maximum Gasteiger partial charge on any atom is 0.231 e. The van der Waals surface area contributed by atoms with E-state index in [1.54, 1.807) is 0 Å². The molecule has 2 aliphatic rings. The standard InChI is InChI=1S/C21H33N3O2/c1-3-23(4-2)17-10-8-16(9-11-17)20-18-7-5-6-12-21(18,26)13-14-24(20)15-19(22)25/h8-11,18,20,26H,3-7,12-15H2,1-2H3,(H2,22,25)/t18-,20+,21-/m1/s1. The van der Waals surface area contributed by atoms with E-state index in [2.05, 4.69) is 47.9 Å². The first-order chi connectivity index (χ1) is 12.5. The average molecular weight is 360 g/mol. The van der Waals surface area contributed by atoms with Crippen LogP contribution in [-0.4, -0.2) is 47.7 Å². The van der Waals surface area contributed by atoms with Crippen molar-refractivity contribution in [1.29, 1.82) is 0 Å². The number of benzene rings is 1. The van der Waals surface area contributed by atoms with Crippen LogP contribution in [0.5, 0.6) is 0 Å². The van der Waals surface area contributed by atoms with Gasteiger partial charge < -0.3 is 15.7 Å². The van der Waals surface area contributed by atoms with Gasteiger partial charge in [-0.2, -0.15) is 0 Å². The van der Waals surface area contributed by atoms with Gasteiger partial charge in [-0.3, -0.25) is 9.69 Å². The molecule has 5 nitrogen and oxygen atoms in total. The van der Waals surface area contributed by atoms with Gasteiger partial charge in [0.15, 0.2) is 0 Å². The molecule has 1 heterocycles. The Hall–Kier alpha value is -1.59. The van der Waals surface area contributed by atoms with Crippen molar-refractivity contribution in [2.24, 2.45) is 11.7 Å². The Balaban J connectivity index is 1.91. The molecule has 26 heavy (non-hydrogen) atoms. The predicted octanol–water partition coefficient (Wildman–Crippen LogP) is 2.69. The van der Waals surface area contributed by atoms with Crippen LogP contribution in [0, 0.1) is 5.92 Å². The van der Waals surface area contributed by atoms with E-state index >= 15 is 0 Å². The van der Waals surface area contributed by atoms with Crippen molar-refractivity contribution in [3.63, 3.8) is 0 Å². The number of nitrogens with two attached hydrogens (primary N) is 1. The normalized spacial score (nSPS) is 29.2. The first-order valence-electron chi connectivity index (χ1n) is 10.1. The third kappa shape index (κ3) is 3.74. The van der Waals surface area contributed by atoms with Crippen molar-refractivity contribution in [3.8, 4) is 0 Å². The van der Waals surface area contributed by atoms with Gasteiger partial charge in [-0.05, 0) is 50.8 Å². The Labute approximate surface area is 157 Å². The summed E-state index contributed by atoms with van der Waals surface area (Å²) in [6.45, 7) is 7.27. The van der Waals surface area contributed by atoms with Gasteiger partial charge in [0.05, 0.1) is 12.1 Å². The van der Waals surface area contributed by atoms with Crippen LogP contribution in [0.4, 0.5) is 5.69 Å². The second-order valence-corrected chi connectivity index (χ2v) is 7.85. The maximum atomic E-state index is 11.6. The smallest absolute Gasteiger partial charge is 0.231 e. The van der Waals surface area contributed by atoms with Crippen LogP contribution in [0.15, 0.2) is 24.3 Å². The van der Waals surface area contributed by atoms with E-state index in [4.69, 9.17) is 5.73 Å². The molecule has 3 N–H and O–H groups in total. The lowest BCUT2D eigenvalue weighted by Crippen LogP contribution is -2.56. The molecule has 1 aromatic rings. The number of hydrogen-bond acceptors (Lipinski definition) is 4. The quantitative estimate of drug-likeness (QED) is 0.819. The highest BCUT2D eigenvalue weighted by molar-refractivity contribution is 5.76. The van der Waals surface area contributed by atoms with E-state index in [0.717, 1.165) is 51.7 Å². The molecule has 1 aromatic carbocycles. The second-order valence-electron chi connectivity index (χ2n) is 7.85. The Morgan fingerprint density at radius 3 is 2.54 bits per heavy atom. The van der Waals surface area contributed by atoms with Crippen LogP contribution >= 0.6 is 0 Å². The molecule has 0 unspecified atom stereocenters. The number of likely N-dealkylation sites (tertiary alicyclic amines) is 1. The van der Waals surface area contributed by atoms with Crippen LogP contribution < -0.4 is 10.6 Å². The minimum atomic E-state index is -0.603. The van der Waals surface area contributed by atoms with Gasteiger partial charge in [0.2, 0.25) is 5.91 Å². The van der Waals surface area contributed by atoms with Crippen LogP contribution in [0.25, 0.3) is 0 Å². The molecule has 1 saturated carbocycles. The monoisotopic (exact) mass is 359 g/mol. The van der Waals surface area contributed by atoms with E-state index in [1.807, 2.05) is 0 Å². The molecule has 2 fully saturated rings. The Morgan fingerprint density at radius 1 is 1.23 bits per heavy atom. The van der Waals surface area contributed by atoms with Crippen molar-refractivity contribution < 1.29 is 9.90 Å². The summed E-state index contributed by atoms with van der Waals surface area (Å²) in [6, 6.07) is 8.74. The third-order valence-corrected chi connectivity index (χ3v) is 6.39. The molecule has 1 saturated heterocycles. The molecular formula is C21H33N3O2. The number of amides is 1. The van der Waals surface area contributed by atoms with Gasteiger partial charge >= 0.3 is 0 Å². The SMILES string of the molecule is CCN(CC)c1ccc([C@H]2[C@H]3CCCC[C@@]3(O)CCN2CC(N)=O)cc1. The second kappa shape index (κ2) is 7.97. The van der Waals surface area contributed by atoms with E-state index < -0.39 is 5.60 Å². The van der Waals surface area contributed by atoms with Gasteiger partial charge in [-0.15, -0.1) is 0 Å². The van der Waals surface area contributed by atoms with Crippen LogP contribution in [0.2, 0.25) is 0 Å². The largest absolute Gasteiger partial charge is 0.389 e. The fourth-order valence-corrected chi connectivity index (χ4v) is 5.03. The van der Waals surface area contributed by atoms with E-state index in [-0.39, 0.29) is 24.4 Å². The first-order valence-corrected chi connectivity index (χ1v) is 10.1. The number of carbonyl (C=O) groups excluding carboxylic acids is 1. The number of nitrogens with zero attached hydrogens (tertiary/aromatic N) is 2. The summed E-state index contributed by atoms with van der Waals surface area (Å²) < 4.78 is 0. The predicted molar refractivity (Wildman–Crippen MR) is 105 cm³/mol. The van der Waals surface area contributed by atoms with E-state index in [0.29, 0.717) is 0 Å². The zero-order valence-electron chi connectivity index (χ0n) is 16.2. The number of rotatable bonds is 6. The summed E-state index contributed by atoms with van der Waals surface area (Å²) in [7, 11) is 0. The molecule has 0 aromatic heterocycles. The van der Waals surface area contributed by atoms with Crippen molar-refractivity contribution in [3.05, 3.63) is 29.8 Å². The summed E-state index contributed by atoms with van der Waals surface area (Å²) >= 11 is 0. The Bertz CT molecular complexity index is 614. The minimum absolute atomic E-state index is 0.0623. The van der Waals surface area contributed by atoms with Crippen molar-refractivity contribution in [2.75, 3.05) is 31.1 Å². The van der Waals surface area contributed by atoms with Crippen molar-refractivity contribution >= 4 is 11.6 Å². The molecule has 1 aliphatic heterocycles. The lowest BCUT2D eigenvalue weighted by atomic mass is 9.66. The fraction of sp³-hybridized carbons (Fsp3) is 0.667. The summed E-state index contributed by atoms with van der Waals surface area (Å²) in [5.74, 6) is -0.125. The molecule has 1 amide bonds. The molecular weight excluding hydrogens is 326 g/mol. The van der Waals surface area contributed by atoms with Gasteiger partial charge in [-0.25, -0.2) is 0 Å². The Morgan fingerprint density at radius 2 is 1.92 bits per heavy atom. The summed E-state index contributed by atoms with van der Waals surface area (Å²) in [5.41, 5.74) is 7.32. The first kappa shape index (κ1) is 19.2. The number of fused-ring (bicyclic) bond motifs is 1. The molecule has 3 atom stereocenters. The molecule has 0 radical (unpaired) electrons. The van der Waals surface area contributed by atoms with E-state index in [9.17, 15) is 9.90 Å². The lowest BCUT2D eigenvalue weighted by Gasteiger charge is -2.52. The van der Waals surface area contributed by atoms with Crippen LogP contribution in [0.3, 0.4) is 0 Å². The number of primary amides is 1. The number of aliphatic hydroxyl groups is 1. The third-order valence-electron chi connectivity index (χ3n) is 6.39. The molecule has 1 aliphatic carbocycles. The van der Waals surface area contributed by atoms with Crippen molar-refractivity contribution in [2.45, 2.75) is 57.6 Å². The highest BCUT2D eigenvalue weighted by Gasteiger charge is 2.49. The number of piperidine rings is 1. The highest BCUT2D eigenvalue weighted by atomic mass is 16.3. The maximum absolute atomic E-state index is 11.6. The van der Waals surface area contributed by atoms with Gasteiger partial charge in [-0.1, -0.05) is 25.0 Å². The fourth-order valence-electron chi connectivity index (χ4n) is 5.03. The van der Waals surface area contributed by atoms with Crippen LogP contribution in [-0.2, 0) is 4.79 Å². The summed E-state index contributed by atoms with van der Waals surface area (Å²) in [6.07, 6.45) is 4.85. The van der Waals surface area contributed by atoms with Gasteiger partial charge in [0.1, 0.15) is 0 Å². The number of anilines is 1. The molecule has 5 heteroatoms. The van der Waals surface area contributed by atoms with E-state index in [1.165, 1.54) is 11.3 Å². The average Bonchev–Trinajstić information content (AvgIpc) is 2.63. The zero-order chi connectivity index (χ0) is 18.7. The minimum Gasteiger partial charge on any atom is -0.389 e. The lowest BCUT2D eigenvalue weighted by molar-refractivity contribution is -0.136. The van der Waals surface area contributed by atoms with Gasteiger partial charge in [0, 0.05) is 37.3 Å². The molecule has 144 valence electrons. The molecule has 0 spiro atoms. The number of hydrogen-bond donors (Lipinski definition) is 2. The molecule has 3 rings (SSSR count). The topological polar surface area (TPSA) is 69.8 Å². The summed E-state index contributed by atoms with van der Waals surface area (Å²) in [4.78, 5) is 16.1. The Kier molecular flexibility index (Phi) is 5.88. The van der Waals surface area contributed by atoms with Crippen LogP contribution in [0.1, 0.15) is 57.6 Å².